The minimum absolute atomic E-state index is 0.171. The van der Waals surface area contributed by atoms with E-state index in [4.69, 9.17) is 11.6 Å². The summed E-state index contributed by atoms with van der Waals surface area (Å²) in [4.78, 5) is 26.8. The summed E-state index contributed by atoms with van der Waals surface area (Å²) < 4.78 is 0. The van der Waals surface area contributed by atoms with Gasteiger partial charge in [0.2, 0.25) is 0 Å². The number of carbonyl (C=O) groups excluding carboxylic acids is 1. The molecule has 0 radical (unpaired) electrons. The summed E-state index contributed by atoms with van der Waals surface area (Å²) in [6, 6.07) is 6.55. The Hall–Kier alpha value is -1.79. The van der Waals surface area contributed by atoms with Crippen molar-refractivity contribution in [3.8, 4) is 0 Å². The Labute approximate surface area is 165 Å². The summed E-state index contributed by atoms with van der Waals surface area (Å²) in [6.45, 7) is 8.47. The van der Waals surface area contributed by atoms with Gasteiger partial charge in [0.1, 0.15) is 0 Å². The predicted octanol–water partition coefficient (Wildman–Crippen LogP) is 4.41. The lowest BCUT2D eigenvalue weighted by molar-refractivity contribution is -0.118. The van der Waals surface area contributed by atoms with Crippen LogP contribution in [0.1, 0.15) is 46.1 Å². The number of hydrogen-bond acceptors (Lipinski definition) is 3. The number of piperidine rings is 1. The third-order valence-electron chi connectivity index (χ3n) is 5.43. The third kappa shape index (κ3) is 4.55. The van der Waals surface area contributed by atoms with Gasteiger partial charge in [-0.05, 0) is 36.5 Å². The normalized spacial score (nSPS) is 22.0. The molecule has 1 atom stereocenters. The largest absolute Gasteiger partial charge is 0.465 e. The van der Waals surface area contributed by atoms with Crippen LogP contribution in [-0.2, 0) is 5.60 Å². The number of urea groups is 1. The van der Waals surface area contributed by atoms with E-state index in [0.29, 0.717) is 23.8 Å². The van der Waals surface area contributed by atoms with Crippen molar-refractivity contribution in [2.45, 2.75) is 46.1 Å². The summed E-state index contributed by atoms with van der Waals surface area (Å²) >= 11 is 5.95. The van der Waals surface area contributed by atoms with Gasteiger partial charge >= 0.3 is 12.1 Å². The Morgan fingerprint density at radius 2 is 1.85 bits per heavy atom. The van der Waals surface area contributed by atoms with Crippen LogP contribution in [0.5, 0.6) is 0 Å². The fourth-order valence-corrected chi connectivity index (χ4v) is 3.70. The molecule has 0 saturated carbocycles. The Morgan fingerprint density at radius 1 is 1.26 bits per heavy atom. The molecule has 2 rings (SSSR count). The number of imide groups is 1. The second-order valence-electron chi connectivity index (χ2n) is 8.32. The number of benzene rings is 1. The number of amides is 3. The Bertz CT molecular complexity index is 690. The molecule has 1 aromatic carbocycles. The first-order valence-electron chi connectivity index (χ1n) is 9.26. The molecular weight excluding hydrogens is 368 g/mol. The number of halogens is 1. The average Bonchev–Trinajstić information content (AvgIpc) is 2.57. The number of carboxylic acid groups (broad SMARTS) is 1. The second kappa shape index (κ2) is 8.07. The summed E-state index contributed by atoms with van der Waals surface area (Å²) in [7, 11) is 0. The Morgan fingerprint density at radius 3 is 2.33 bits per heavy atom. The Kier molecular flexibility index (Phi) is 6.43. The van der Waals surface area contributed by atoms with Gasteiger partial charge in [-0.3, -0.25) is 0 Å². The molecule has 7 heteroatoms. The van der Waals surface area contributed by atoms with E-state index in [1.165, 1.54) is 4.90 Å². The zero-order valence-electron chi connectivity index (χ0n) is 16.4. The average molecular weight is 397 g/mol. The van der Waals surface area contributed by atoms with Crippen molar-refractivity contribution in [1.82, 2.24) is 9.80 Å². The highest BCUT2D eigenvalue weighted by Gasteiger charge is 2.50. The molecule has 1 aromatic rings. The van der Waals surface area contributed by atoms with E-state index in [2.05, 4.69) is 0 Å². The maximum absolute atomic E-state index is 12.8. The molecule has 1 unspecified atom stereocenters. The van der Waals surface area contributed by atoms with E-state index >= 15 is 0 Å². The van der Waals surface area contributed by atoms with E-state index in [1.807, 2.05) is 27.7 Å². The summed E-state index contributed by atoms with van der Waals surface area (Å²) in [5, 5.41) is 21.4. The van der Waals surface area contributed by atoms with Crippen molar-refractivity contribution in [1.29, 1.82) is 0 Å². The SMILES string of the molecule is CC(C)CCN(C(=O)O)C(=O)N1CCC(O)(c2ccc(Cl)cc2)C(C)(C)C1. The van der Waals surface area contributed by atoms with Crippen LogP contribution < -0.4 is 0 Å². The van der Waals surface area contributed by atoms with Crippen LogP contribution in [-0.4, -0.2) is 51.8 Å². The molecule has 0 aliphatic carbocycles. The minimum Gasteiger partial charge on any atom is -0.465 e. The number of nitrogens with zero attached hydrogens (tertiary/aromatic N) is 2. The van der Waals surface area contributed by atoms with Crippen molar-refractivity contribution in [2.24, 2.45) is 11.3 Å². The van der Waals surface area contributed by atoms with Crippen LogP contribution >= 0.6 is 11.6 Å². The minimum atomic E-state index is -1.24. The lowest BCUT2D eigenvalue weighted by Crippen LogP contribution is -2.59. The molecule has 1 fully saturated rings. The molecule has 0 spiro atoms. The van der Waals surface area contributed by atoms with Crippen molar-refractivity contribution >= 4 is 23.7 Å². The summed E-state index contributed by atoms with van der Waals surface area (Å²) in [5.74, 6) is 0.299. The quantitative estimate of drug-likeness (QED) is 0.790. The molecule has 1 aliphatic rings. The van der Waals surface area contributed by atoms with Gasteiger partial charge in [0.15, 0.2) is 0 Å². The molecule has 1 saturated heterocycles. The molecule has 3 amide bonds. The maximum atomic E-state index is 12.8. The molecule has 1 aliphatic heterocycles. The maximum Gasteiger partial charge on any atom is 0.415 e. The number of aliphatic hydroxyl groups is 1. The van der Waals surface area contributed by atoms with Gasteiger partial charge in [0.25, 0.3) is 0 Å². The standard InChI is InChI=1S/C20H29ClN2O4/c1-14(2)9-11-23(18(25)26)17(24)22-12-10-20(27,19(3,4)13-22)15-5-7-16(21)8-6-15/h5-8,14,27H,9-13H2,1-4H3,(H,25,26). The van der Waals surface area contributed by atoms with Crippen molar-refractivity contribution in [3.63, 3.8) is 0 Å². The van der Waals surface area contributed by atoms with Gasteiger partial charge in [-0.2, -0.15) is 0 Å². The monoisotopic (exact) mass is 396 g/mol. The van der Waals surface area contributed by atoms with Crippen molar-refractivity contribution in [2.75, 3.05) is 19.6 Å². The number of rotatable bonds is 4. The third-order valence-corrected chi connectivity index (χ3v) is 5.69. The zero-order chi connectivity index (χ0) is 20.4. The van der Waals surface area contributed by atoms with Gasteiger partial charge in [0.05, 0.1) is 5.60 Å². The number of hydrogen-bond donors (Lipinski definition) is 2. The van der Waals surface area contributed by atoms with Gasteiger partial charge in [-0.25, -0.2) is 14.5 Å². The van der Waals surface area contributed by atoms with Crippen LogP contribution in [0.25, 0.3) is 0 Å². The lowest BCUT2D eigenvalue weighted by Gasteiger charge is -2.51. The van der Waals surface area contributed by atoms with E-state index in [0.717, 1.165) is 10.5 Å². The van der Waals surface area contributed by atoms with Gasteiger partial charge in [-0.1, -0.05) is 51.4 Å². The smallest absolute Gasteiger partial charge is 0.415 e. The van der Waals surface area contributed by atoms with E-state index in [9.17, 15) is 19.8 Å². The van der Waals surface area contributed by atoms with Gasteiger partial charge < -0.3 is 15.1 Å². The highest BCUT2D eigenvalue weighted by atomic mass is 35.5. The van der Waals surface area contributed by atoms with E-state index in [-0.39, 0.29) is 19.6 Å². The van der Waals surface area contributed by atoms with Gasteiger partial charge in [-0.15, -0.1) is 0 Å². The van der Waals surface area contributed by atoms with Crippen molar-refractivity contribution in [3.05, 3.63) is 34.9 Å². The first-order valence-corrected chi connectivity index (χ1v) is 9.63. The van der Waals surface area contributed by atoms with E-state index < -0.39 is 23.1 Å². The molecule has 1 heterocycles. The summed E-state index contributed by atoms with van der Waals surface area (Å²) in [6.07, 6.45) is -0.299. The van der Waals surface area contributed by atoms with E-state index in [1.54, 1.807) is 24.3 Å². The molecular formula is C20H29ClN2O4. The fraction of sp³-hybridized carbons (Fsp3) is 0.600. The molecule has 150 valence electrons. The lowest BCUT2D eigenvalue weighted by atomic mass is 9.66. The van der Waals surface area contributed by atoms with Crippen LogP contribution in [0.15, 0.2) is 24.3 Å². The predicted molar refractivity (Wildman–Crippen MR) is 105 cm³/mol. The van der Waals surface area contributed by atoms with Gasteiger partial charge in [0, 0.05) is 30.1 Å². The zero-order valence-corrected chi connectivity index (χ0v) is 17.2. The van der Waals surface area contributed by atoms with Crippen LogP contribution in [0.3, 0.4) is 0 Å². The van der Waals surface area contributed by atoms with Crippen molar-refractivity contribution < 1.29 is 19.8 Å². The molecule has 6 nitrogen and oxygen atoms in total. The highest BCUT2D eigenvalue weighted by Crippen LogP contribution is 2.46. The first-order chi connectivity index (χ1) is 12.5. The summed E-state index contributed by atoms with van der Waals surface area (Å²) in [5.41, 5.74) is -1.03. The second-order valence-corrected chi connectivity index (χ2v) is 8.76. The van der Waals surface area contributed by atoms with Crippen LogP contribution in [0.4, 0.5) is 9.59 Å². The molecule has 2 N–H and O–H groups in total. The number of carbonyl (C=O) groups is 2. The Balaban J connectivity index is 2.19. The molecule has 27 heavy (non-hydrogen) atoms. The molecule has 0 bridgehead atoms. The van der Waals surface area contributed by atoms with Crippen LogP contribution in [0.2, 0.25) is 5.02 Å². The molecule has 0 aromatic heterocycles. The first kappa shape index (κ1) is 21.5. The highest BCUT2D eigenvalue weighted by molar-refractivity contribution is 6.30. The fourth-order valence-electron chi connectivity index (χ4n) is 3.58. The van der Waals surface area contributed by atoms with Crippen LogP contribution in [0, 0.1) is 11.3 Å². The number of likely N-dealkylation sites (tertiary alicyclic amines) is 1. The topological polar surface area (TPSA) is 81.1 Å².